The number of ether oxygens (including phenoxy) is 3. The highest BCUT2D eigenvalue weighted by molar-refractivity contribution is 6.34. The molecule has 34 heavy (non-hydrogen) atoms. The van der Waals surface area contributed by atoms with Crippen molar-refractivity contribution >= 4 is 39.9 Å². The summed E-state index contributed by atoms with van der Waals surface area (Å²) >= 11 is 6.41. The minimum Gasteiger partial charge on any atom is -0.493 e. The van der Waals surface area contributed by atoms with Crippen molar-refractivity contribution in [1.29, 1.82) is 0 Å². The van der Waals surface area contributed by atoms with Crippen molar-refractivity contribution in [2.24, 2.45) is 0 Å². The summed E-state index contributed by atoms with van der Waals surface area (Å²) in [5, 5.41) is 10.7. The van der Waals surface area contributed by atoms with Crippen LogP contribution in [0.15, 0.2) is 55.0 Å². The fraction of sp³-hybridized carbons (Fsp3) is 0.208. The molecule has 9 nitrogen and oxygen atoms in total. The molecule has 10 heteroatoms. The third-order valence-electron chi connectivity index (χ3n) is 5.01. The number of rotatable bonds is 7. The van der Waals surface area contributed by atoms with Gasteiger partial charge in [0.2, 0.25) is 0 Å². The zero-order valence-corrected chi connectivity index (χ0v) is 19.9. The molecule has 0 unspecified atom stereocenters. The minimum absolute atomic E-state index is 0.196. The first-order chi connectivity index (χ1) is 16.4. The Bertz CT molecular complexity index is 1340. The summed E-state index contributed by atoms with van der Waals surface area (Å²) in [6, 6.07) is 10.1. The van der Waals surface area contributed by atoms with Gasteiger partial charge < -0.3 is 24.8 Å². The first-order valence-electron chi connectivity index (χ1n) is 10.5. The number of hydrogen-bond donors (Lipinski definition) is 2. The average molecular weight is 482 g/mol. The zero-order chi connectivity index (χ0) is 24.2. The van der Waals surface area contributed by atoms with Crippen LogP contribution in [0.4, 0.5) is 16.2 Å². The summed E-state index contributed by atoms with van der Waals surface area (Å²) in [7, 11) is 3.14. The van der Waals surface area contributed by atoms with Crippen LogP contribution in [0.25, 0.3) is 10.9 Å². The molecule has 0 atom stereocenters. The fourth-order valence-electron chi connectivity index (χ4n) is 3.29. The number of nitrogens with one attached hydrogen (secondary N) is 2. The number of nitrogens with zero attached hydrogens (tertiary/aromatic N) is 3. The van der Waals surface area contributed by atoms with E-state index in [4.69, 9.17) is 25.8 Å². The number of pyridine rings is 1. The van der Waals surface area contributed by atoms with E-state index in [0.29, 0.717) is 44.9 Å². The number of anilines is 2. The molecule has 4 rings (SSSR count). The van der Waals surface area contributed by atoms with Crippen molar-refractivity contribution in [2.45, 2.75) is 19.9 Å². The summed E-state index contributed by atoms with van der Waals surface area (Å²) < 4.78 is 18.6. The molecule has 4 aromatic rings. The Hall–Kier alpha value is -3.98. The summed E-state index contributed by atoms with van der Waals surface area (Å²) in [5.74, 6) is 2.21. The van der Waals surface area contributed by atoms with Crippen molar-refractivity contribution in [3.8, 4) is 23.0 Å². The molecule has 0 aliphatic rings. The minimum atomic E-state index is -0.431. The van der Waals surface area contributed by atoms with Crippen LogP contribution in [0.2, 0.25) is 5.02 Å². The lowest BCUT2D eigenvalue weighted by Crippen LogP contribution is -2.19. The van der Waals surface area contributed by atoms with Crippen LogP contribution in [-0.4, -0.2) is 35.0 Å². The fourth-order valence-corrected chi connectivity index (χ4v) is 3.51. The maximum atomic E-state index is 12.4. The Labute approximate surface area is 201 Å². The maximum Gasteiger partial charge on any atom is 0.323 e. The van der Waals surface area contributed by atoms with Gasteiger partial charge in [-0.3, -0.25) is 9.67 Å². The largest absolute Gasteiger partial charge is 0.493 e. The van der Waals surface area contributed by atoms with Crippen LogP contribution < -0.4 is 24.8 Å². The van der Waals surface area contributed by atoms with Crippen LogP contribution in [0.3, 0.4) is 0 Å². The lowest BCUT2D eigenvalue weighted by Gasteiger charge is -2.13. The van der Waals surface area contributed by atoms with Crippen LogP contribution >= 0.6 is 11.6 Å². The van der Waals surface area contributed by atoms with Gasteiger partial charge in [0, 0.05) is 36.0 Å². The topological polar surface area (TPSA) is 99.5 Å². The van der Waals surface area contributed by atoms with Crippen LogP contribution in [0.5, 0.6) is 23.0 Å². The summed E-state index contributed by atoms with van der Waals surface area (Å²) in [6.45, 7) is 4.00. The molecule has 0 radical (unpaired) electrons. The van der Waals surface area contributed by atoms with Gasteiger partial charge in [-0.15, -0.1) is 0 Å². The highest BCUT2D eigenvalue weighted by Crippen LogP contribution is 2.37. The second-order valence-corrected chi connectivity index (χ2v) is 8.07. The number of amides is 2. The van der Waals surface area contributed by atoms with Crippen molar-refractivity contribution in [3.05, 3.63) is 60.0 Å². The number of fused-ring (bicyclic) bond motifs is 1. The van der Waals surface area contributed by atoms with E-state index in [1.54, 1.807) is 73.9 Å². The van der Waals surface area contributed by atoms with Gasteiger partial charge in [0.1, 0.15) is 11.5 Å². The average Bonchev–Trinajstić information content (AvgIpc) is 3.29. The van der Waals surface area contributed by atoms with E-state index in [-0.39, 0.29) is 6.04 Å². The third-order valence-corrected chi connectivity index (χ3v) is 5.32. The number of methoxy groups -OCH3 is 2. The number of urea groups is 1. The normalized spacial score (nSPS) is 10.9. The standard InChI is InChI=1S/C24H24ClN5O4/c1-14(2)30-13-15(12-27-30)28-24(31)29-19-6-5-16(9-18(19)25)34-21-7-8-26-20-11-23(33-4)22(32-3)10-17(20)21/h5-14H,1-4H3,(H2,28,29,31). The van der Waals surface area contributed by atoms with Crippen molar-refractivity contribution in [2.75, 3.05) is 24.9 Å². The second-order valence-electron chi connectivity index (χ2n) is 7.66. The molecule has 2 N–H and O–H groups in total. The molecule has 2 heterocycles. The Kier molecular flexibility index (Phi) is 6.74. The summed E-state index contributed by atoms with van der Waals surface area (Å²) in [4.78, 5) is 16.7. The molecule has 0 saturated heterocycles. The Morgan fingerprint density at radius 1 is 1.03 bits per heavy atom. The number of halogens is 1. The quantitative estimate of drug-likeness (QED) is 0.330. The lowest BCUT2D eigenvalue weighted by atomic mass is 10.2. The molecule has 0 spiro atoms. The molecular weight excluding hydrogens is 458 g/mol. The zero-order valence-electron chi connectivity index (χ0n) is 19.1. The van der Waals surface area contributed by atoms with E-state index >= 15 is 0 Å². The van der Waals surface area contributed by atoms with E-state index in [0.717, 1.165) is 5.39 Å². The predicted molar refractivity (Wildman–Crippen MR) is 132 cm³/mol. The molecule has 0 bridgehead atoms. The number of benzene rings is 2. The molecular formula is C24H24ClN5O4. The number of carbonyl (C=O) groups is 1. The van der Waals surface area contributed by atoms with Gasteiger partial charge in [-0.05, 0) is 38.1 Å². The van der Waals surface area contributed by atoms with E-state index in [1.165, 1.54) is 0 Å². The number of aromatic nitrogens is 3. The molecule has 176 valence electrons. The Morgan fingerprint density at radius 2 is 1.79 bits per heavy atom. The Balaban J connectivity index is 1.50. The van der Waals surface area contributed by atoms with Gasteiger partial charge in [-0.1, -0.05) is 11.6 Å². The molecule has 2 amide bonds. The lowest BCUT2D eigenvalue weighted by molar-refractivity contribution is 0.262. The highest BCUT2D eigenvalue weighted by Gasteiger charge is 2.13. The molecule has 0 saturated carbocycles. The second kappa shape index (κ2) is 9.88. The predicted octanol–water partition coefficient (Wildman–Crippen LogP) is 6.12. The molecule has 0 fully saturated rings. The third kappa shape index (κ3) is 4.99. The number of hydrogen-bond acceptors (Lipinski definition) is 6. The molecule has 0 aliphatic heterocycles. The first kappa shape index (κ1) is 23.2. The van der Waals surface area contributed by atoms with Gasteiger partial charge in [0.05, 0.1) is 42.3 Å². The van der Waals surface area contributed by atoms with Crippen LogP contribution in [0, 0.1) is 0 Å². The van der Waals surface area contributed by atoms with E-state index in [1.807, 2.05) is 13.8 Å². The highest BCUT2D eigenvalue weighted by atomic mass is 35.5. The van der Waals surface area contributed by atoms with Crippen LogP contribution in [-0.2, 0) is 0 Å². The SMILES string of the molecule is COc1cc2nccc(Oc3ccc(NC(=O)Nc4cnn(C(C)C)c4)c(Cl)c3)c2cc1OC. The van der Waals surface area contributed by atoms with Gasteiger partial charge in [0.25, 0.3) is 0 Å². The maximum absolute atomic E-state index is 12.4. The van der Waals surface area contributed by atoms with E-state index in [9.17, 15) is 4.79 Å². The van der Waals surface area contributed by atoms with Crippen molar-refractivity contribution < 1.29 is 19.0 Å². The van der Waals surface area contributed by atoms with Crippen molar-refractivity contribution in [1.82, 2.24) is 14.8 Å². The molecule has 2 aromatic carbocycles. The van der Waals surface area contributed by atoms with Crippen molar-refractivity contribution in [3.63, 3.8) is 0 Å². The monoisotopic (exact) mass is 481 g/mol. The van der Waals surface area contributed by atoms with Gasteiger partial charge in [-0.25, -0.2) is 4.79 Å². The van der Waals surface area contributed by atoms with Gasteiger partial charge in [0.15, 0.2) is 11.5 Å². The van der Waals surface area contributed by atoms with Gasteiger partial charge in [-0.2, -0.15) is 5.10 Å². The summed E-state index contributed by atoms with van der Waals surface area (Å²) in [5.41, 5.74) is 1.71. The Morgan fingerprint density at radius 3 is 2.47 bits per heavy atom. The molecule has 0 aliphatic carbocycles. The summed E-state index contributed by atoms with van der Waals surface area (Å²) in [6.07, 6.45) is 4.99. The van der Waals surface area contributed by atoms with E-state index < -0.39 is 6.03 Å². The smallest absolute Gasteiger partial charge is 0.323 e. The van der Waals surface area contributed by atoms with Gasteiger partial charge >= 0.3 is 6.03 Å². The van der Waals surface area contributed by atoms with E-state index in [2.05, 4.69) is 20.7 Å². The first-order valence-corrected chi connectivity index (χ1v) is 10.9. The number of carbonyl (C=O) groups excluding carboxylic acids is 1. The molecule has 2 aromatic heterocycles. The van der Waals surface area contributed by atoms with Crippen LogP contribution in [0.1, 0.15) is 19.9 Å².